The monoisotopic (exact) mass is 376 g/mol. The fraction of sp³-hybridized carbons (Fsp3) is 0.200. The standard InChI is InChI=1S/C20H17FN6O/c1-26-11-12(9-24-26)15-6-7-18-23-10-17(27(18)25-15)20(28)14-4-5-16-13(19(14)21)3-2-8-22-16/h2-10,12,20,28H,11H2,1H3. The van der Waals surface area contributed by atoms with Crippen molar-refractivity contribution in [1.29, 1.82) is 0 Å². The van der Waals surface area contributed by atoms with Crippen LogP contribution in [0.2, 0.25) is 0 Å². The number of hydrazone groups is 1. The Kier molecular flexibility index (Phi) is 3.80. The molecule has 0 fully saturated rings. The summed E-state index contributed by atoms with van der Waals surface area (Å²) in [5, 5.41) is 22.0. The number of benzene rings is 1. The number of nitrogens with zero attached hydrogens (tertiary/aromatic N) is 6. The van der Waals surface area contributed by atoms with E-state index >= 15 is 4.39 Å². The van der Waals surface area contributed by atoms with Gasteiger partial charge in [0, 0.05) is 37.0 Å². The predicted octanol–water partition coefficient (Wildman–Crippen LogP) is 2.51. The average molecular weight is 376 g/mol. The van der Waals surface area contributed by atoms with E-state index in [4.69, 9.17) is 0 Å². The summed E-state index contributed by atoms with van der Waals surface area (Å²) in [5.74, 6) is -0.431. The molecule has 0 spiro atoms. The first kappa shape index (κ1) is 16.8. The van der Waals surface area contributed by atoms with E-state index in [0.717, 1.165) is 12.2 Å². The molecule has 3 aromatic heterocycles. The van der Waals surface area contributed by atoms with Crippen molar-refractivity contribution < 1.29 is 9.50 Å². The van der Waals surface area contributed by atoms with Crippen LogP contribution < -0.4 is 0 Å². The SMILES string of the molecule is CN1CC(c2ccc3ncc(C(O)c4ccc5ncccc5c4F)n3n2)C=N1. The van der Waals surface area contributed by atoms with Crippen LogP contribution in [0.4, 0.5) is 4.39 Å². The van der Waals surface area contributed by atoms with Crippen LogP contribution in [0.15, 0.2) is 53.9 Å². The molecule has 140 valence electrons. The van der Waals surface area contributed by atoms with Gasteiger partial charge in [0.1, 0.15) is 11.9 Å². The van der Waals surface area contributed by atoms with Gasteiger partial charge in [-0.1, -0.05) is 6.07 Å². The van der Waals surface area contributed by atoms with Gasteiger partial charge in [0.05, 0.1) is 29.0 Å². The Morgan fingerprint density at radius 3 is 2.89 bits per heavy atom. The summed E-state index contributed by atoms with van der Waals surface area (Å²) < 4.78 is 16.6. The lowest BCUT2D eigenvalue weighted by Crippen LogP contribution is -2.15. The van der Waals surface area contributed by atoms with Crippen molar-refractivity contribution in [2.45, 2.75) is 12.0 Å². The zero-order valence-corrected chi connectivity index (χ0v) is 15.1. The smallest absolute Gasteiger partial charge is 0.153 e. The maximum Gasteiger partial charge on any atom is 0.153 e. The molecule has 28 heavy (non-hydrogen) atoms. The quantitative estimate of drug-likeness (QED) is 0.594. The van der Waals surface area contributed by atoms with Crippen molar-refractivity contribution >= 4 is 22.8 Å². The molecular formula is C20H17FN6O. The molecule has 0 saturated carbocycles. The molecule has 7 nitrogen and oxygen atoms in total. The van der Waals surface area contributed by atoms with Gasteiger partial charge in [0.25, 0.3) is 0 Å². The molecule has 1 aliphatic rings. The van der Waals surface area contributed by atoms with E-state index in [1.807, 2.05) is 30.4 Å². The molecule has 1 aromatic carbocycles. The molecule has 2 unspecified atom stereocenters. The highest BCUT2D eigenvalue weighted by molar-refractivity contribution is 5.80. The lowest BCUT2D eigenvalue weighted by molar-refractivity contribution is 0.208. The number of fused-ring (bicyclic) bond motifs is 2. The number of halogens is 1. The summed E-state index contributed by atoms with van der Waals surface area (Å²) in [6.07, 6.45) is 3.77. The number of aromatic nitrogens is 4. The second kappa shape index (κ2) is 6.35. The number of hydrogen-bond acceptors (Lipinski definition) is 6. The molecule has 0 radical (unpaired) electrons. The third-order valence-corrected chi connectivity index (χ3v) is 5.02. The van der Waals surface area contributed by atoms with Crippen LogP contribution >= 0.6 is 0 Å². The van der Waals surface area contributed by atoms with Gasteiger partial charge in [-0.05, 0) is 30.3 Å². The van der Waals surface area contributed by atoms with Crippen LogP contribution in [0.5, 0.6) is 0 Å². The molecule has 0 amide bonds. The Bertz CT molecular complexity index is 1220. The number of hydrogen-bond donors (Lipinski definition) is 1. The topological polar surface area (TPSA) is 78.9 Å². The maximum atomic E-state index is 15.0. The second-order valence-corrected chi connectivity index (χ2v) is 6.86. The first-order valence-corrected chi connectivity index (χ1v) is 8.93. The van der Waals surface area contributed by atoms with Crippen LogP contribution in [0.3, 0.4) is 0 Å². The van der Waals surface area contributed by atoms with Crippen LogP contribution in [0.1, 0.15) is 29.0 Å². The Hall–Kier alpha value is -3.39. The summed E-state index contributed by atoms with van der Waals surface area (Å²) in [6, 6.07) is 10.3. The summed E-state index contributed by atoms with van der Waals surface area (Å²) >= 11 is 0. The van der Waals surface area contributed by atoms with Gasteiger partial charge in [0.15, 0.2) is 5.65 Å². The van der Waals surface area contributed by atoms with E-state index in [0.29, 0.717) is 22.2 Å². The second-order valence-electron chi connectivity index (χ2n) is 6.86. The molecule has 0 aliphatic carbocycles. The van der Waals surface area contributed by atoms with Crippen molar-refractivity contribution in [2.24, 2.45) is 5.10 Å². The van der Waals surface area contributed by atoms with Crippen molar-refractivity contribution in [3.05, 3.63) is 71.6 Å². The number of aliphatic hydroxyl groups is 1. The lowest BCUT2D eigenvalue weighted by atomic mass is 10.0. The third-order valence-electron chi connectivity index (χ3n) is 5.02. The van der Waals surface area contributed by atoms with E-state index in [2.05, 4.69) is 20.2 Å². The Morgan fingerprint density at radius 1 is 1.18 bits per heavy atom. The van der Waals surface area contributed by atoms with Gasteiger partial charge in [-0.25, -0.2) is 13.9 Å². The minimum atomic E-state index is -1.21. The number of pyridine rings is 1. The van der Waals surface area contributed by atoms with E-state index in [1.165, 1.54) is 6.20 Å². The normalized spacial score (nSPS) is 17.7. The number of likely N-dealkylation sites (N-methyl/N-ethyl adjacent to an activating group) is 1. The molecule has 8 heteroatoms. The molecule has 4 heterocycles. The minimum Gasteiger partial charge on any atom is -0.382 e. The van der Waals surface area contributed by atoms with Gasteiger partial charge in [-0.15, -0.1) is 0 Å². The molecule has 5 rings (SSSR count). The zero-order chi connectivity index (χ0) is 19.3. The molecule has 1 aliphatic heterocycles. The fourth-order valence-electron chi connectivity index (χ4n) is 3.54. The zero-order valence-electron chi connectivity index (χ0n) is 15.1. The van der Waals surface area contributed by atoms with E-state index in [9.17, 15) is 5.11 Å². The number of aliphatic hydroxyl groups excluding tert-OH is 1. The number of imidazole rings is 1. The first-order chi connectivity index (χ1) is 13.6. The van der Waals surface area contributed by atoms with Crippen LogP contribution in [0.25, 0.3) is 16.6 Å². The summed E-state index contributed by atoms with van der Waals surface area (Å²) in [7, 11) is 1.90. The largest absolute Gasteiger partial charge is 0.382 e. The highest BCUT2D eigenvalue weighted by Gasteiger charge is 2.23. The fourth-order valence-corrected chi connectivity index (χ4v) is 3.54. The summed E-state index contributed by atoms with van der Waals surface area (Å²) in [4.78, 5) is 8.45. The Morgan fingerprint density at radius 2 is 2.07 bits per heavy atom. The van der Waals surface area contributed by atoms with Gasteiger partial charge in [0.2, 0.25) is 0 Å². The van der Waals surface area contributed by atoms with Gasteiger partial charge in [-0.2, -0.15) is 10.2 Å². The van der Waals surface area contributed by atoms with Crippen molar-refractivity contribution in [1.82, 2.24) is 24.6 Å². The van der Waals surface area contributed by atoms with Crippen molar-refractivity contribution in [2.75, 3.05) is 13.6 Å². The van der Waals surface area contributed by atoms with Crippen LogP contribution in [0, 0.1) is 5.82 Å². The minimum absolute atomic E-state index is 0.0604. The number of rotatable bonds is 3. The molecular weight excluding hydrogens is 359 g/mol. The van der Waals surface area contributed by atoms with Gasteiger partial charge >= 0.3 is 0 Å². The third kappa shape index (κ3) is 2.61. The predicted molar refractivity (Wildman–Crippen MR) is 103 cm³/mol. The Labute approximate surface area is 159 Å². The van der Waals surface area contributed by atoms with Crippen molar-refractivity contribution in [3.8, 4) is 0 Å². The maximum absolute atomic E-state index is 15.0. The molecule has 2 atom stereocenters. The molecule has 1 N–H and O–H groups in total. The Balaban J connectivity index is 1.59. The highest BCUT2D eigenvalue weighted by Crippen LogP contribution is 2.29. The first-order valence-electron chi connectivity index (χ1n) is 8.93. The molecule has 0 bridgehead atoms. The summed E-state index contributed by atoms with van der Waals surface area (Å²) in [5.41, 5.74) is 2.51. The van der Waals surface area contributed by atoms with Crippen LogP contribution in [-0.2, 0) is 0 Å². The van der Waals surface area contributed by atoms with E-state index in [1.54, 1.807) is 35.0 Å². The van der Waals surface area contributed by atoms with E-state index in [-0.39, 0.29) is 11.5 Å². The van der Waals surface area contributed by atoms with E-state index < -0.39 is 11.9 Å². The van der Waals surface area contributed by atoms with Crippen LogP contribution in [-0.4, -0.2) is 49.5 Å². The molecule has 0 saturated heterocycles. The van der Waals surface area contributed by atoms with Gasteiger partial charge in [-0.3, -0.25) is 9.99 Å². The van der Waals surface area contributed by atoms with Crippen molar-refractivity contribution in [3.63, 3.8) is 0 Å². The molecule has 4 aromatic rings. The van der Waals surface area contributed by atoms with Gasteiger partial charge < -0.3 is 5.11 Å². The highest BCUT2D eigenvalue weighted by atomic mass is 19.1. The average Bonchev–Trinajstić information content (AvgIpc) is 3.33. The summed E-state index contributed by atoms with van der Waals surface area (Å²) in [6.45, 7) is 0.734. The lowest BCUT2D eigenvalue weighted by Gasteiger charge is -2.14.